The second-order valence-corrected chi connectivity index (χ2v) is 6.43. The normalized spacial score (nSPS) is 10.5. The Bertz CT molecular complexity index is 785. The number of hydrogen-bond acceptors (Lipinski definition) is 3. The first-order valence-electron chi connectivity index (χ1n) is 8.82. The molecule has 2 amide bonds. The van der Waals surface area contributed by atoms with Crippen LogP contribution in [0.15, 0.2) is 42.5 Å². The molecule has 0 radical (unpaired) electrons. The van der Waals surface area contributed by atoms with Crippen LogP contribution >= 0.6 is 0 Å². The van der Waals surface area contributed by atoms with Gasteiger partial charge in [-0.15, -0.1) is 0 Å². The zero-order chi connectivity index (χ0) is 19.1. The third kappa shape index (κ3) is 5.09. The minimum absolute atomic E-state index is 0.164. The van der Waals surface area contributed by atoms with Crippen LogP contribution in [-0.4, -0.2) is 25.0 Å². The third-order valence-corrected chi connectivity index (χ3v) is 3.98. The summed E-state index contributed by atoms with van der Waals surface area (Å²) in [4.78, 5) is 24.4. The van der Waals surface area contributed by atoms with E-state index in [4.69, 9.17) is 4.74 Å². The summed E-state index contributed by atoms with van der Waals surface area (Å²) in [6, 6.07) is 13.1. The zero-order valence-electron chi connectivity index (χ0n) is 15.8. The molecule has 138 valence electrons. The van der Waals surface area contributed by atoms with Crippen molar-refractivity contribution < 1.29 is 14.3 Å². The summed E-state index contributed by atoms with van der Waals surface area (Å²) in [6.07, 6.45) is 0. The van der Waals surface area contributed by atoms with Crippen LogP contribution in [0.25, 0.3) is 0 Å². The highest BCUT2D eigenvalue weighted by Crippen LogP contribution is 2.24. The molecule has 0 saturated heterocycles. The second kappa shape index (κ2) is 9.04. The molecule has 0 aliphatic heterocycles. The van der Waals surface area contributed by atoms with Gasteiger partial charge in [0, 0.05) is 12.2 Å². The fourth-order valence-electron chi connectivity index (χ4n) is 2.59. The van der Waals surface area contributed by atoms with Gasteiger partial charge >= 0.3 is 0 Å². The van der Waals surface area contributed by atoms with Crippen molar-refractivity contribution >= 4 is 17.5 Å². The van der Waals surface area contributed by atoms with Crippen LogP contribution in [-0.2, 0) is 4.79 Å². The summed E-state index contributed by atoms with van der Waals surface area (Å²) in [7, 11) is 0. The van der Waals surface area contributed by atoms with E-state index in [0.29, 0.717) is 23.8 Å². The van der Waals surface area contributed by atoms with Crippen molar-refractivity contribution in [2.24, 2.45) is 0 Å². The van der Waals surface area contributed by atoms with E-state index in [2.05, 4.69) is 24.5 Å². The summed E-state index contributed by atoms with van der Waals surface area (Å²) < 4.78 is 5.67. The van der Waals surface area contributed by atoms with Crippen molar-refractivity contribution in [3.63, 3.8) is 0 Å². The number of amides is 2. The molecule has 5 nitrogen and oxygen atoms in total. The number of aryl methyl sites for hydroxylation is 1. The number of carbonyl (C=O) groups is 2. The first kappa shape index (κ1) is 19.5. The molecule has 0 aliphatic carbocycles. The minimum Gasteiger partial charge on any atom is -0.483 e. The Morgan fingerprint density at radius 2 is 1.85 bits per heavy atom. The predicted octanol–water partition coefficient (Wildman–Crippen LogP) is 3.89. The number of rotatable bonds is 7. The molecule has 26 heavy (non-hydrogen) atoms. The molecule has 0 bridgehead atoms. The molecule has 0 aliphatic rings. The average molecular weight is 354 g/mol. The first-order chi connectivity index (χ1) is 12.4. The van der Waals surface area contributed by atoms with E-state index >= 15 is 0 Å². The molecule has 5 heteroatoms. The van der Waals surface area contributed by atoms with Gasteiger partial charge in [-0.1, -0.05) is 38.1 Å². The van der Waals surface area contributed by atoms with Gasteiger partial charge in [0.15, 0.2) is 6.61 Å². The van der Waals surface area contributed by atoms with Crippen LogP contribution in [0.3, 0.4) is 0 Å². The van der Waals surface area contributed by atoms with E-state index in [1.54, 1.807) is 12.1 Å². The first-order valence-corrected chi connectivity index (χ1v) is 8.82. The molecular formula is C21H26N2O3. The van der Waals surface area contributed by atoms with Gasteiger partial charge in [0.1, 0.15) is 5.75 Å². The van der Waals surface area contributed by atoms with E-state index in [1.807, 2.05) is 44.2 Å². The Morgan fingerprint density at radius 3 is 2.54 bits per heavy atom. The van der Waals surface area contributed by atoms with Crippen molar-refractivity contribution in [1.29, 1.82) is 0 Å². The van der Waals surface area contributed by atoms with Gasteiger partial charge in [0.25, 0.3) is 11.8 Å². The van der Waals surface area contributed by atoms with Crippen molar-refractivity contribution in [3.8, 4) is 5.75 Å². The van der Waals surface area contributed by atoms with Crippen molar-refractivity contribution in [1.82, 2.24) is 5.32 Å². The number of ether oxygens (including phenoxy) is 1. The molecule has 0 spiro atoms. The zero-order valence-corrected chi connectivity index (χ0v) is 15.8. The molecule has 0 aromatic heterocycles. The minimum atomic E-state index is -0.268. The summed E-state index contributed by atoms with van der Waals surface area (Å²) in [5, 5.41) is 5.59. The van der Waals surface area contributed by atoms with Gasteiger partial charge in [-0.05, 0) is 49.1 Å². The Kier molecular flexibility index (Phi) is 6.78. The highest BCUT2D eigenvalue weighted by Gasteiger charge is 2.15. The molecule has 0 heterocycles. The topological polar surface area (TPSA) is 67.4 Å². The molecular weight excluding hydrogens is 328 g/mol. The summed E-state index contributed by atoms with van der Waals surface area (Å²) in [6.45, 7) is 8.27. The lowest BCUT2D eigenvalue weighted by Gasteiger charge is -2.14. The summed E-state index contributed by atoms with van der Waals surface area (Å²) >= 11 is 0. The third-order valence-electron chi connectivity index (χ3n) is 3.98. The number of benzene rings is 2. The molecule has 0 unspecified atom stereocenters. The molecule has 2 aromatic rings. The maximum Gasteiger partial charge on any atom is 0.262 e. The lowest BCUT2D eigenvalue weighted by atomic mass is 10.0. The second-order valence-electron chi connectivity index (χ2n) is 6.43. The van der Waals surface area contributed by atoms with Gasteiger partial charge in [-0.2, -0.15) is 0 Å². The SMILES string of the molecule is CCNC(=O)c1cccc(C)c1OCC(=O)Nc1cccc(C(C)C)c1. The van der Waals surface area contributed by atoms with Crippen LogP contribution in [0.1, 0.15) is 48.2 Å². The van der Waals surface area contributed by atoms with E-state index in [0.717, 1.165) is 16.8 Å². The van der Waals surface area contributed by atoms with Gasteiger partial charge in [0.05, 0.1) is 5.56 Å². The molecule has 2 aromatic carbocycles. The summed E-state index contributed by atoms with van der Waals surface area (Å²) in [5.74, 6) is 0.339. The van der Waals surface area contributed by atoms with Crippen molar-refractivity contribution in [3.05, 3.63) is 59.2 Å². The number of hydrogen-bond donors (Lipinski definition) is 2. The number of para-hydroxylation sites is 1. The van der Waals surface area contributed by atoms with Crippen molar-refractivity contribution in [2.75, 3.05) is 18.5 Å². The van der Waals surface area contributed by atoms with Gasteiger partial charge in [-0.3, -0.25) is 9.59 Å². The van der Waals surface area contributed by atoms with Crippen LogP contribution in [0.5, 0.6) is 5.75 Å². The Morgan fingerprint density at radius 1 is 1.12 bits per heavy atom. The maximum absolute atomic E-state index is 12.2. The quantitative estimate of drug-likeness (QED) is 0.793. The standard InChI is InChI=1S/C21H26N2O3/c1-5-22-21(25)18-11-6-8-15(4)20(18)26-13-19(24)23-17-10-7-9-16(12-17)14(2)3/h6-12,14H,5,13H2,1-4H3,(H,22,25)(H,23,24). The Labute approximate surface area is 154 Å². The summed E-state index contributed by atoms with van der Waals surface area (Å²) in [5.41, 5.74) is 3.13. The predicted molar refractivity (Wildman–Crippen MR) is 104 cm³/mol. The monoisotopic (exact) mass is 354 g/mol. The van der Waals surface area contributed by atoms with Crippen LogP contribution < -0.4 is 15.4 Å². The Balaban J connectivity index is 2.06. The largest absolute Gasteiger partial charge is 0.483 e. The fraction of sp³-hybridized carbons (Fsp3) is 0.333. The van der Waals surface area contributed by atoms with Crippen LogP contribution in [0.4, 0.5) is 5.69 Å². The van der Waals surface area contributed by atoms with Gasteiger partial charge < -0.3 is 15.4 Å². The van der Waals surface area contributed by atoms with Crippen LogP contribution in [0, 0.1) is 6.92 Å². The highest BCUT2D eigenvalue weighted by atomic mass is 16.5. The number of anilines is 1. The molecule has 2 N–H and O–H groups in total. The molecule has 0 atom stereocenters. The molecule has 0 fully saturated rings. The van der Waals surface area contributed by atoms with E-state index in [9.17, 15) is 9.59 Å². The lowest BCUT2D eigenvalue weighted by Crippen LogP contribution is -2.25. The van der Waals surface area contributed by atoms with E-state index in [1.165, 1.54) is 0 Å². The van der Waals surface area contributed by atoms with E-state index in [-0.39, 0.29) is 18.4 Å². The fourth-order valence-corrected chi connectivity index (χ4v) is 2.59. The smallest absolute Gasteiger partial charge is 0.262 e. The Hall–Kier alpha value is -2.82. The number of nitrogens with one attached hydrogen (secondary N) is 2. The van der Waals surface area contributed by atoms with Crippen LogP contribution in [0.2, 0.25) is 0 Å². The van der Waals surface area contributed by atoms with Gasteiger partial charge in [0.2, 0.25) is 0 Å². The van der Waals surface area contributed by atoms with E-state index < -0.39 is 0 Å². The molecule has 2 rings (SSSR count). The number of carbonyl (C=O) groups excluding carboxylic acids is 2. The lowest BCUT2D eigenvalue weighted by molar-refractivity contribution is -0.118. The van der Waals surface area contributed by atoms with Crippen molar-refractivity contribution in [2.45, 2.75) is 33.6 Å². The maximum atomic E-state index is 12.2. The van der Waals surface area contributed by atoms with Gasteiger partial charge in [-0.25, -0.2) is 0 Å². The average Bonchev–Trinajstić information content (AvgIpc) is 2.61. The molecule has 0 saturated carbocycles. The highest BCUT2D eigenvalue weighted by molar-refractivity contribution is 5.97.